The number of hydrogen-bond acceptors (Lipinski definition) is 2. The molecule has 0 unspecified atom stereocenters. The van der Waals surface area contributed by atoms with Crippen molar-refractivity contribution in [3.05, 3.63) is 34.9 Å². The van der Waals surface area contributed by atoms with Gasteiger partial charge in [0.2, 0.25) is 5.91 Å². The van der Waals surface area contributed by atoms with Crippen LogP contribution in [0.5, 0.6) is 0 Å². The zero-order valence-corrected chi connectivity index (χ0v) is 10.9. The Morgan fingerprint density at radius 2 is 2.00 bits per heavy atom. The van der Waals surface area contributed by atoms with E-state index >= 15 is 0 Å². The number of fused-ring (bicyclic) bond motifs is 1. The van der Waals surface area contributed by atoms with Gasteiger partial charge in [0.1, 0.15) is 0 Å². The molecular weight excluding hydrogens is 230 g/mol. The van der Waals surface area contributed by atoms with Gasteiger partial charge in [0, 0.05) is 25.4 Å². The molecule has 0 aromatic heterocycles. The van der Waals surface area contributed by atoms with Crippen molar-refractivity contribution in [2.24, 2.45) is 0 Å². The van der Waals surface area contributed by atoms with Gasteiger partial charge in [-0.05, 0) is 17.2 Å². The van der Waals surface area contributed by atoms with E-state index in [-0.39, 0.29) is 11.3 Å². The molecule has 0 bridgehead atoms. The number of carbonyl (C=O) groups is 2. The first-order chi connectivity index (χ1) is 8.33. The SMILES string of the molecule is CC(=O)N1Cc2cccc(C(=O)O)c2C(C)(C)C1. The van der Waals surface area contributed by atoms with Gasteiger partial charge in [0.15, 0.2) is 0 Å². The minimum Gasteiger partial charge on any atom is -0.478 e. The molecular formula is C14H17NO3. The van der Waals surface area contributed by atoms with Crippen molar-refractivity contribution in [3.8, 4) is 0 Å². The van der Waals surface area contributed by atoms with E-state index in [0.717, 1.165) is 11.1 Å². The standard InChI is InChI=1S/C14H17NO3/c1-9(16)15-7-10-5-4-6-11(13(17)18)12(10)14(2,3)8-15/h4-6H,7-8H2,1-3H3,(H,17,18). The Labute approximate surface area is 106 Å². The number of carboxylic acids is 1. The second kappa shape index (κ2) is 4.12. The Balaban J connectivity index is 2.58. The van der Waals surface area contributed by atoms with E-state index in [0.29, 0.717) is 18.7 Å². The smallest absolute Gasteiger partial charge is 0.335 e. The van der Waals surface area contributed by atoms with E-state index in [1.807, 2.05) is 19.9 Å². The van der Waals surface area contributed by atoms with E-state index in [2.05, 4.69) is 0 Å². The van der Waals surface area contributed by atoms with Crippen LogP contribution in [0.25, 0.3) is 0 Å². The predicted molar refractivity (Wildman–Crippen MR) is 67.5 cm³/mol. The molecule has 0 radical (unpaired) electrons. The van der Waals surface area contributed by atoms with Crippen LogP contribution in [0, 0.1) is 0 Å². The highest BCUT2D eigenvalue weighted by Gasteiger charge is 2.35. The molecule has 2 rings (SSSR count). The lowest BCUT2D eigenvalue weighted by atomic mass is 9.76. The lowest BCUT2D eigenvalue weighted by Gasteiger charge is -2.40. The van der Waals surface area contributed by atoms with Crippen molar-refractivity contribution in [2.45, 2.75) is 32.7 Å². The van der Waals surface area contributed by atoms with E-state index in [9.17, 15) is 14.7 Å². The highest BCUT2D eigenvalue weighted by atomic mass is 16.4. The summed E-state index contributed by atoms with van der Waals surface area (Å²) in [5.74, 6) is -0.884. The Morgan fingerprint density at radius 1 is 1.33 bits per heavy atom. The zero-order chi connectivity index (χ0) is 13.5. The average molecular weight is 247 g/mol. The molecule has 1 aliphatic rings. The molecule has 1 amide bonds. The van der Waals surface area contributed by atoms with Gasteiger partial charge in [-0.1, -0.05) is 26.0 Å². The predicted octanol–water partition coefficient (Wildman–Crippen LogP) is 2.02. The second-order valence-corrected chi connectivity index (χ2v) is 5.40. The van der Waals surface area contributed by atoms with Gasteiger partial charge < -0.3 is 10.0 Å². The molecule has 1 N–H and O–H groups in total. The van der Waals surface area contributed by atoms with Gasteiger partial charge in [-0.25, -0.2) is 4.79 Å². The molecule has 0 aliphatic carbocycles. The van der Waals surface area contributed by atoms with Gasteiger partial charge in [-0.2, -0.15) is 0 Å². The lowest BCUT2D eigenvalue weighted by Crippen LogP contribution is -2.45. The van der Waals surface area contributed by atoms with Gasteiger partial charge in [-0.3, -0.25) is 4.79 Å². The summed E-state index contributed by atoms with van der Waals surface area (Å²) in [6.07, 6.45) is 0. The molecule has 1 aromatic rings. The van der Waals surface area contributed by atoms with Crippen molar-refractivity contribution >= 4 is 11.9 Å². The van der Waals surface area contributed by atoms with Crippen LogP contribution in [0.2, 0.25) is 0 Å². The van der Waals surface area contributed by atoms with Crippen LogP contribution in [-0.4, -0.2) is 28.4 Å². The maximum absolute atomic E-state index is 11.5. The number of carboxylic acid groups (broad SMARTS) is 1. The molecule has 0 saturated carbocycles. The lowest BCUT2D eigenvalue weighted by molar-refractivity contribution is -0.130. The van der Waals surface area contributed by atoms with E-state index in [1.54, 1.807) is 24.0 Å². The molecule has 1 aliphatic heterocycles. The number of amides is 1. The first kappa shape index (κ1) is 12.6. The normalized spacial score (nSPS) is 17.2. The van der Waals surface area contributed by atoms with Crippen molar-refractivity contribution in [3.63, 3.8) is 0 Å². The molecule has 4 heteroatoms. The molecule has 0 saturated heterocycles. The number of aromatic carboxylic acids is 1. The van der Waals surface area contributed by atoms with Gasteiger partial charge >= 0.3 is 5.97 Å². The topological polar surface area (TPSA) is 57.6 Å². The van der Waals surface area contributed by atoms with Crippen LogP contribution in [0.1, 0.15) is 42.3 Å². The summed E-state index contributed by atoms with van der Waals surface area (Å²) in [6.45, 7) is 6.55. The highest BCUT2D eigenvalue weighted by Crippen LogP contribution is 2.35. The van der Waals surface area contributed by atoms with Crippen molar-refractivity contribution < 1.29 is 14.7 Å². The van der Waals surface area contributed by atoms with Crippen LogP contribution in [0.4, 0.5) is 0 Å². The fourth-order valence-corrected chi connectivity index (χ4v) is 2.75. The summed E-state index contributed by atoms with van der Waals surface area (Å²) in [5, 5.41) is 9.27. The maximum atomic E-state index is 11.5. The van der Waals surface area contributed by atoms with E-state index in [1.165, 1.54) is 0 Å². The van der Waals surface area contributed by atoms with Crippen LogP contribution >= 0.6 is 0 Å². The molecule has 1 aromatic carbocycles. The van der Waals surface area contributed by atoms with Gasteiger partial charge in [0.25, 0.3) is 0 Å². The van der Waals surface area contributed by atoms with Crippen LogP contribution in [0.3, 0.4) is 0 Å². The molecule has 96 valence electrons. The van der Waals surface area contributed by atoms with Crippen LogP contribution in [0.15, 0.2) is 18.2 Å². The first-order valence-electron chi connectivity index (χ1n) is 5.94. The molecule has 0 spiro atoms. The highest BCUT2D eigenvalue weighted by molar-refractivity contribution is 5.90. The summed E-state index contributed by atoms with van der Waals surface area (Å²) >= 11 is 0. The number of hydrogen-bond donors (Lipinski definition) is 1. The molecule has 18 heavy (non-hydrogen) atoms. The van der Waals surface area contributed by atoms with Crippen molar-refractivity contribution in [1.29, 1.82) is 0 Å². The average Bonchev–Trinajstić information content (AvgIpc) is 2.26. The Hall–Kier alpha value is -1.84. The van der Waals surface area contributed by atoms with E-state index in [4.69, 9.17) is 0 Å². The fourth-order valence-electron chi connectivity index (χ4n) is 2.75. The Kier molecular flexibility index (Phi) is 2.89. The summed E-state index contributed by atoms with van der Waals surface area (Å²) in [4.78, 5) is 24.6. The summed E-state index contributed by atoms with van der Waals surface area (Å²) in [5.41, 5.74) is 1.80. The fraction of sp³-hybridized carbons (Fsp3) is 0.429. The van der Waals surface area contributed by atoms with Crippen molar-refractivity contribution in [1.82, 2.24) is 4.90 Å². The number of rotatable bonds is 1. The maximum Gasteiger partial charge on any atom is 0.335 e. The third-order valence-corrected chi connectivity index (χ3v) is 3.45. The number of benzene rings is 1. The summed E-state index contributed by atoms with van der Waals surface area (Å²) < 4.78 is 0. The van der Waals surface area contributed by atoms with Crippen LogP contribution < -0.4 is 0 Å². The minimum absolute atomic E-state index is 0.0226. The summed E-state index contributed by atoms with van der Waals surface area (Å²) in [6, 6.07) is 5.27. The number of carbonyl (C=O) groups excluding carboxylic acids is 1. The molecule has 1 heterocycles. The van der Waals surface area contributed by atoms with Gasteiger partial charge in [-0.15, -0.1) is 0 Å². The minimum atomic E-state index is -0.906. The number of nitrogens with zero attached hydrogens (tertiary/aromatic N) is 1. The first-order valence-corrected chi connectivity index (χ1v) is 5.94. The largest absolute Gasteiger partial charge is 0.478 e. The molecule has 4 nitrogen and oxygen atoms in total. The van der Waals surface area contributed by atoms with Crippen molar-refractivity contribution in [2.75, 3.05) is 6.54 Å². The molecule has 0 fully saturated rings. The summed E-state index contributed by atoms with van der Waals surface area (Å²) in [7, 11) is 0. The molecule has 0 atom stereocenters. The third-order valence-electron chi connectivity index (χ3n) is 3.45. The van der Waals surface area contributed by atoms with Gasteiger partial charge in [0.05, 0.1) is 5.56 Å². The zero-order valence-electron chi connectivity index (χ0n) is 10.9. The quantitative estimate of drug-likeness (QED) is 0.826. The second-order valence-electron chi connectivity index (χ2n) is 5.40. The Morgan fingerprint density at radius 3 is 2.56 bits per heavy atom. The third kappa shape index (κ3) is 1.98. The van der Waals surface area contributed by atoms with E-state index < -0.39 is 5.97 Å². The monoisotopic (exact) mass is 247 g/mol. The van der Waals surface area contributed by atoms with Crippen LogP contribution in [-0.2, 0) is 16.8 Å². The Bertz CT molecular complexity index is 520.